The first-order valence-electron chi connectivity index (χ1n) is 7.61. The van der Waals surface area contributed by atoms with Gasteiger partial charge < -0.3 is 10.4 Å². The molecule has 3 rings (SSSR count). The molecule has 116 valence electrons. The molecule has 1 unspecified atom stereocenters. The van der Waals surface area contributed by atoms with Gasteiger partial charge in [-0.05, 0) is 49.5 Å². The van der Waals surface area contributed by atoms with E-state index in [1.807, 2.05) is 6.07 Å². The highest BCUT2D eigenvalue weighted by Gasteiger charge is 2.46. The number of nitrogens with one attached hydrogen (secondary N) is 1. The van der Waals surface area contributed by atoms with E-state index in [2.05, 4.69) is 26.1 Å². The Bertz CT molecular complexity index is 505. The number of piperidine rings is 1. The second-order valence-corrected chi connectivity index (χ2v) is 7.31. The monoisotopic (exact) mass is 356 g/mol. The largest absolute Gasteiger partial charge is 0.396 e. The Morgan fingerprint density at radius 1 is 1.38 bits per heavy atom. The van der Waals surface area contributed by atoms with E-state index in [9.17, 15) is 9.50 Å². The zero-order valence-corrected chi connectivity index (χ0v) is 13.7. The van der Waals surface area contributed by atoms with Gasteiger partial charge in [-0.1, -0.05) is 15.9 Å². The minimum atomic E-state index is -0.148. The lowest BCUT2D eigenvalue weighted by Crippen LogP contribution is -2.42. The van der Waals surface area contributed by atoms with Gasteiger partial charge in [-0.15, -0.1) is 0 Å². The van der Waals surface area contributed by atoms with E-state index in [1.165, 1.54) is 6.07 Å². The van der Waals surface area contributed by atoms with E-state index in [0.717, 1.165) is 49.1 Å². The van der Waals surface area contributed by atoms with Crippen molar-refractivity contribution in [2.45, 2.75) is 19.4 Å². The molecule has 21 heavy (non-hydrogen) atoms. The minimum Gasteiger partial charge on any atom is -0.396 e. The van der Waals surface area contributed by atoms with E-state index >= 15 is 0 Å². The number of likely N-dealkylation sites (tertiary alicyclic amines) is 1. The van der Waals surface area contributed by atoms with Gasteiger partial charge in [-0.2, -0.15) is 0 Å². The molecule has 0 saturated carbocycles. The summed E-state index contributed by atoms with van der Waals surface area (Å²) in [6, 6.07) is 5.10. The van der Waals surface area contributed by atoms with Gasteiger partial charge in [0.25, 0.3) is 0 Å². The van der Waals surface area contributed by atoms with Crippen molar-refractivity contribution >= 4 is 15.9 Å². The Morgan fingerprint density at radius 3 is 2.86 bits per heavy atom. The fourth-order valence-corrected chi connectivity index (χ4v) is 4.32. The van der Waals surface area contributed by atoms with E-state index in [4.69, 9.17) is 0 Å². The number of benzene rings is 1. The smallest absolute Gasteiger partial charge is 0.127 e. The number of aliphatic hydroxyl groups is 1. The number of aliphatic hydroxyl groups excluding tert-OH is 1. The van der Waals surface area contributed by atoms with Gasteiger partial charge in [0.15, 0.2) is 0 Å². The number of hydrogen-bond donors (Lipinski definition) is 2. The van der Waals surface area contributed by atoms with Gasteiger partial charge in [0.05, 0.1) is 0 Å². The fraction of sp³-hybridized carbons (Fsp3) is 0.625. The molecular weight excluding hydrogens is 335 g/mol. The molecule has 0 amide bonds. The first kappa shape index (κ1) is 15.4. The van der Waals surface area contributed by atoms with Crippen LogP contribution < -0.4 is 5.32 Å². The number of hydrogen-bond acceptors (Lipinski definition) is 3. The van der Waals surface area contributed by atoms with Crippen LogP contribution in [0.2, 0.25) is 0 Å². The third-order valence-corrected chi connectivity index (χ3v) is 5.60. The van der Waals surface area contributed by atoms with Gasteiger partial charge in [0, 0.05) is 42.2 Å². The molecule has 1 aromatic rings. The first-order chi connectivity index (χ1) is 10.1. The average molecular weight is 357 g/mol. The normalized spacial score (nSPS) is 25.6. The Kier molecular flexibility index (Phi) is 4.64. The van der Waals surface area contributed by atoms with Crippen molar-refractivity contribution in [3.63, 3.8) is 0 Å². The third-order valence-electron chi connectivity index (χ3n) is 5.10. The maximum absolute atomic E-state index is 13.9. The molecule has 2 aliphatic rings. The summed E-state index contributed by atoms with van der Waals surface area (Å²) < 4.78 is 14.8. The van der Waals surface area contributed by atoms with E-state index < -0.39 is 0 Å². The topological polar surface area (TPSA) is 35.5 Å². The van der Waals surface area contributed by atoms with Crippen molar-refractivity contribution < 1.29 is 9.50 Å². The zero-order chi connectivity index (χ0) is 14.9. The molecule has 5 heteroatoms. The second-order valence-electron chi connectivity index (χ2n) is 6.40. The van der Waals surface area contributed by atoms with Crippen LogP contribution in [0.1, 0.15) is 18.4 Å². The SMILES string of the molecule is OCC1CN(Cc2cc(Br)ccc2F)CC12CCNCC2. The van der Waals surface area contributed by atoms with Crippen molar-refractivity contribution in [1.29, 1.82) is 0 Å². The number of nitrogens with zero attached hydrogens (tertiary/aromatic N) is 1. The Balaban J connectivity index is 1.74. The Hall–Kier alpha value is -0.490. The zero-order valence-electron chi connectivity index (χ0n) is 12.1. The summed E-state index contributed by atoms with van der Waals surface area (Å²) in [4.78, 5) is 2.30. The molecular formula is C16H22BrFN2O. The second kappa shape index (κ2) is 6.32. The van der Waals surface area contributed by atoms with Crippen molar-refractivity contribution in [2.75, 3.05) is 32.8 Å². The van der Waals surface area contributed by atoms with Crippen molar-refractivity contribution in [3.8, 4) is 0 Å². The highest BCUT2D eigenvalue weighted by Crippen LogP contribution is 2.43. The van der Waals surface area contributed by atoms with Crippen molar-refractivity contribution in [2.24, 2.45) is 11.3 Å². The van der Waals surface area contributed by atoms with Gasteiger partial charge in [0.2, 0.25) is 0 Å². The Morgan fingerprint density at radius 2 is 2.14 bits per heavy atom. The van der Waals surface area contributed by atoms with E-state index in [0.29, 0.717) is 12.5 Å². The van der Waals surface area contributed by atoms with Crippen molar-refractivity contribution in [1.82, 2.24) is 10.2 Å². The van der Waals surface area contributed by atoms with Gasteiger partial charge >= 0.3 is 0 Å². The van der Waals surface area contributed by atoms with Gasteiger partial charge in [-0.25, -0.2) is 4.39 Å². The van der Waals surface area contributed by atoms with E-state index in [-0.39, 0.29) is 17.8 Å². The lowest BCUT2D eigenvalue weighted by molar-refractivity contribution is 0.0984. The van der Waals surface area contributed by atoms with Crippen LogP contribution >= 0.6 is 15.9 Å². The van der Waals surface area contributed by atoms with Crippen LogP contribution in [0.4, 0.5) is 4.39 Å². The molecule has 2 aliphatic heterocycles. The molecule has 2 N–H and O–H groups in total. The molecule has 0 bridgehead atoms. The van der Waals surface area contributed by atoms with Crippen molar-refractivity contribution in [3.05, 3.63) is 34.1 Å². The summed E-state index contributed by atoms with van der Waals surface area (Å²) in [6.45, 7) is 4.73. The highest BCUT2D eigenvalue weighted by atomic mass is 79.9. The summed E-state index contributed by atoms with van der Waals surface area (Å²) in [5.41, 5.74) is 0.940. The van der Waals surface area contributed by atoms with Gasteiger partial charge in [-0.3, -0.25) is 4.90 Å². The Labute approximate surface area is 133 Å². The van der Waals surface area contributed by atoms with Crippen LogP contribution in [0, 0.1) is 17.2 Å². The third kappa shape index (κ3) is 3.16. The molecule has 2 fully saturated rings. The summed E-state index contributed by atoms with van der Waals surface area (Å²) in [6.07, 6.45) is 2.21. The lowest BCUT2D eigenvalue weighted by Gasteiger charge is -2.38. The number of halogens is 2. The van der Waals surface area contributed by atoms with Crippen LogP contribution in [0.5, 0.6) is 0 Å². The molecule has 1 aromatic carbocycles. The quantitative estimate of drug-likeness (QED) is 0.872. The molecule has 3 nitrogen and oxygen atoms in total. The summed E-state index contributed by atoms with van der Waals surface area (Å²) in [5.74, 6) is 0.167. The lowest BCUT2D eigenvalue weighted by atomic mass is 9.71. The first-order valence-corrected chi connectivity index (χ1v) is 8.40. The standard InChI is InChI=1S/C16H22BrFN2O/c17-14-1-2-15(18)12(7-14)8-20-9-13(10-21)16(11-20)3-5-19-6-4-16/h1-2,7,13,19,21H,3-6,8-11H2. The summed E-state index contributed by atoms with van der Waals surface area (Å²) in [5, 5.41) is 13.1. The fourth-order valence-electron chi connectivity index (χ4n) is 3.91. The van der Waals surface area contributed by atoms with E-state index in [1.54, 1.807) is 6.07 Å². The van der Waals surface area contributed by atoms with Crippen LogP contribution in [-0.2, 0) is 6.54 Å². The summed E-state index contributed by atoms with van der Waals surface area (Å²) in [7, 11) is 0. The molecule has 0 aliphatic carbocycles. The van der Waals surface area contributed by atoms with Gasteiger partial charge in [0.1, 0.15) is 5.82 Å². The molecule has 0 aromatic heterocycles. The maximum atomic E-state index is 13.9. The average Bonchev–Trinajstić information content (AvgIpc) is 2.81. The molecule has 1 atom stereocenters. The maximum Gasteiger partial charge on any atom is 0.127 e. The van der Waals surface area contributed by atoms with Crippen LogP contribution in [0.15, 0.2) is 22.7 Å². The number of rotatable bonds is 3. The van der Waals surface area contributed by atoms with Crippen LogP contribution in [0.3, 0.4) is 0 Å². The molecule has 2 saturated heterocycles. The van der Waals surface area contributed by atoms with Crippen LogP contribution in [0.25, 0.3) is 0 Å². The predicted octanol–water partition coefficient (Wildman–Crippen LogP) is 2.38. The highest BCUT2D eigenvalue weighted by molar-refractivity contribution is 9.10. The molecule has 2 heterocycles. The minimum absolute atomic E-state index is 0.148. The van der Waals surface area contributed by atoms with Crippen LogP contribution in [-0.4, -0.2) is 42.8 Å². The predicted molar refractivity (Wildman–Crippen MR) is 84.5 cm³/mol. The molecule has 0 radical (unpaired) electrons. The molecule has 1 spiro atoms. The summed E-state index contributed by atoms with van der Waals surface area (Å²) >= 11 is 3.41.